The van der Waals surface area contributed by atoms with Gasteiger partial charge in [0, 0.05) is 11.1 Å². The Morgan fingerprint density at radius 1 is 1.17 bits per heavy atom. The summed E-state index contributed by atoms with van der Waals surface area (Å²) in [5.41, 5.74) is 1.73. The van der Waals surface area contributed by atoms with Crippen LogP contribution in [0.3, 0.4) is 0 Å². The van der Waals surface area contributed by atoms with E-state index >= 15 is 0 Å². The summed E-state index contributed by atoms with van der Waals surface area (Å²) in [4.78, 5) is 42.0. The van der Waals surface area contributed by atoms with Gasteiger partial charge in [0.05, 0.1) is 13.5 Å². The molecule has 0 spiro atoms. The number of carbonyl (C=O) groups excluding carboxylic acids is 3. The van der Waals surface area contributed by atoms with Gasteiger partial charge in [0.1, 0.15) is 12.3 Å². The number of amides is 2. The lowest BCUT2D eigenvalue weighted by atomic mass is 9.98. The fraction of sp³-hybridized carbons (Fsp3) is 0.190. The third-order valence-electron chi connectivity index (χ3n) is 4.58. The normalized spacial score (nSPS) is 13.2. The molecular formula is C21H17N3O6. The van der Waals surface area contributed by atoms with Crippen LogP contribution in [0.1, 0.15) is 21.8 Å². The van der Waals surface area contributed by atoms with Gasteiger partial charge in [0.15, 0.2) is 6.61 Å². The van der Waals surface area contributed by atoms with Crippen molar-refractivity contribution in [1.82, 2.24) is 15.0 Å². The minimum Gasteiger partial charge on any atom is -0.497 e. The number of benzene rings is 2. The van der Waals surface area contributed by atoms with Crippen molar-refractivity contribution in [3.05, 3.63) is 65.5 Å². The van der Waals surface area contributed by atoms with Crippen molar-refractivity contribution in [2.24, 2.45) is 0 Å². The average molecular weight is 407 g/mol. The summed E-state index contributed by atoms with van der Waals surface area (Å²) in [7, 11) is 1.55. The van der Waals surface area contributed by atoms with E-state index in [0.29, 0.717) is 28.3 Å². The van der Waals surface area contributed by atoms with Gasteiger partial charge >= 0.3 is 5.97 Å². The number of ether oxygens (including phenoxy) is 2. The lowest BCUT2D eigenvalue weighted by Gasteiger charge is -2.25. The van der Waals surface area contributed by atoms with E-state index in [1.807, 2.05) is 0 Å². The van der Waals surface area contributed by atoms with Gasteiger partial charge in [-0.3, -0.25) is 19.3 Å². The molecule has 2 amide bonds. The molecule has 0 fully saturated rings. The molecule has 2 heterocycles. The minimum atomic E-state index is -0.753. The number of hydrogen-bond acceptors (Lipinski definition) is 8. The summed E-state index contributed by atoms with van der Waals surface area (Å²) < 4.78 is 15.4. The molecule has 9 heteroatoms. The molecule has 2 aromatic carbocycles. The summed E-state index contributed by atoms with van der Waals surface area (Å²) in [6.45, 7) is -0.758. The zero-order valence-electron chi connectivity index (χ0n) is 16.0. The third kappa shape index (κ3) is 3.90. The first kappa shape index (κ1) is 19.3. The van der Waals surface area contributed by atoms with E-state index in [2.05, 4.69) is 10.1 Å². The SMILES string of the molecule is COc1cccc(-c2noc(COC(=O)CN3C(=O)Cc4ccccc4C3=O)n2)c1. The van der Waals surface area contributed by atoms with Crippen LogP contribution in [0.15, 0.2) is 53.1 Å². The molecule has 4 rings (SSSR count). The summed E-state index contributed by atoms with van der Waals surface area (Å²) in [5, 5.41) is 3.85. The second-order valence-corrected chi connectivity index (χ2v) is 6.52. The van der Waals surface area contributed by atoms with Crippen molar-refractivity contribution in [2.75, 3.05) is 13.7 Å². The Hall–Kier alpha value is -4.01. The smallest absolute Gasteiger partial charge is 0.326 e. The van der Waals surface area contributed by atoms with Crippen molar-refractivity contribution in [3.8, 4) is 17.1 Å². The molecule has 3 aromatic rings. The molecule has 30 heavy (non-hydrogen) atoms. The van der Waals surface area contributed by atoms with E-state index in [0.717, 1.165) is 4.90 Å². The average Bonchev–Trinajstić information content (AvgIpc) is 3.24. The molecule has 0 aliphatic carbocycles. The molecule has 1 aromatic heterocycles. The van der Waals surface area contributed by atoms with Gasteiger partial charge in [-0.05, 0) is 23.8 Å². The first-order valence-corrected chi connectivity index (χ1v) is 9.10. The zero-order chi connectivity index (χ0) is 21.1. The first-order chi connectivity index (χ1) is 14.5. The molecule has 0 N–H and O–H groups in total. The van der Waals surface area contributed by atoms with Gasteiger partial charge in [-0.2, -0.15) is 4.98 Å². The minimum absolute atomic E-state index is 0.0583. The number of rotatable bonds is 6. The molecule has 0 saturated carbocycles. The number of imide groups is 1. The predicted octanol–water partition coefficient (Wildman–Crippen LogP) is 2.01. The Kier molecular flexibility index (Phi) is 5.25. The fourth-order valence-electron chi connectivity index (χ4n) is 3.07. The molecular weight excluding hydrogens is 390 g/mol. The second kappa shape index (κ2) is 8.16. The van der Waals surface area contributed by atoms with Gasteiger partial charge in [0.2, 0.25) is 11.7 Å². The van der Waals surface area contributed by atoms with Gasteiger partial charge in [-0.25, -0.2) is 0 Å². The van der Waals surface area contributed by atoms with E-state index in [9.17, 15) is 14.4 Å². The van der Waals surface area contributed by atoms with Crippen LogP contribution in [-0.2, 0) is 27.4 Å². The lowest BCUT2D eigenvalue weighted by Crippen LogP contribution is -2.45. The number of carbonyl (C=O) groups is 3. The van der Waals surface area contributed by atoms with E-state index in [1.54, 1.807) is 55.6 Å². The van der Waals surface area contributed by atoms with Crippen molar-refractivity contribution in [3.63, 3.8) is 0 Å². The van der Waals surface area contributed by atoms with Crippen molar-refractivity contribution < 1.29 is 28.4 Å². The molecule has 152 valence electrons. The van der Waals surface area contributed by atoms with Crippen LogP contribution >= 0.6 is 0 Å². The quantitative estimate of drug-likeness (QED) is 0.451. The second-order valence-electron chi connectivity index (χ2n) is 6.52. The lowest BCUT2D eigenvalue weighted by molar-refractivity contribution is -0.149. The third-order valence-corrected chi connectivity index (χ3v) is 4.58. The Labute approximate surface area is 171 Å². The molecule has 0 saturated heterocycles. The van der Waals surface area contributed by atoms with Crippen LogP contribution in [0.2, 0.25) is 0 Å². The van der Waals surface area contributed by atoms with Crippen LogP contribution in [-0.4, -0.2) is 46.5 Å². The maximum atomic E-state index is 12.5. The Morgan fingerprint density at radius 2 is 2.00 bits per heavy atom. The Bertz CT molecular complexity index is 1120. The molecule has 0 radical (unpaired) electrons. The van der Waals surface area contributed by atoms with Crippen LogP contribution in [0.25, 0.3) is 11.4 Å². The molecule has 0 bridgehead atoms. The highest BCUT2D eigenvalue weighted by Gasteiger charge is 2.32. The monoisotopic (exact) mass is 407 g/mol. The molecule has 0 unspecified atom stereocenters. The van der Waals surface area contributed by atoms with Gasteiger partial charge < -0.3 is 14.0 Å². The number of hydrogen-bond donors (Lipinski definition) is 0. The van der Waals surface area contributed by atoms with Crippen LogP contribution < -0.4 is 4.74 Å². The number of fused-ring (bicyclic) bond motifs is 1. The summed E-state index contributed by atoms with van der Waals surface area (Å²) in [5.74, 6) is -0.675. The Balaban J connectivity index is 1.37. The summed E-state index contributed by atoms with van der Waals surface area (Å²) in [6, 6.07) is 13.9. The number of aromatic nitrogens is 2. The molecule has 1 aliphatic rings. The van der Waals surface area contributed by atoms with E-state index in [-0.39, 0.29) is 18.9 Å². The standard InChI is InChI=1S/C21H17N3O6/c1-28-15-7-4-6-14(9-15)20-22-17(30-23-20)12-29-19(26)11-24-18(25)10-13-5-2-3-8-16(13)21(24)27/h2-9H,10-12H2,1H3. The maximum Gasteiger partial charge on any atom is 0.326 e. The highest BCUT2D eigenvalue weighted by atomic mass is 16.6. The summed E-state index contributed by atoms with van der Waals surface area (Å²) >= 11 is 0. The largest absolute Gasteiger partial charge is 0.497 e. The maximum absolute atomic E-state index is 12.5. The molecule has 9 nitrogen and oxygen atoms in total. The van der Waals surface area contributed by atoms with Crippen molar-refractivity contribution in [2.45, 2.75) is 13.0 Å². The van der Waals surface area contributed by atoms with Gasteiger partial charge in [-0.1, -0.05) is 35.5 Å². The van der Waals surface area contributed by atoms with Crippen LogP contribution in [0, 0.1) is 0 Å². The van der Waals surface area contributed by atoms with E-state index in [4.69, 9.17) is 14.0 Å². The summed E-state index contributed by atoms with van der Waals surface area (Å²) in [6.07, 6.45) is 0.0583. The van der Waals surface area contributed by atoms with Crippen molar-refractivity contribution >= 4 is 17.8 Å². The van der Waals surface area contributed by atoms with E-state index < -0.39 is 24.3 Å². The highest BCUT2D eigenvalue weighted by molar-refractivity contribution is 6.11. The Morgan fingerprint density at radius 3 is 2.83 bits per heavy atom. The van der Waals surface area contributed by atoms with Crippen LogP contribution in [0.5, 0.6) is 5.75 Å². The number of nitrogens with zero attached hydrogens (tertiary/aromatic N) is 3. The van der Waals surface area contributed by atoms with Crippen LogP contribution in [0.4, 0.5) is 0 Å². The fourth-order valence-corrected chi connectivity index (χ4v) is 3.07. The topological polar surface area (TPSA) is 112 Å². The molecule has 0 atom stereocenters. The van der Waals surface area contributed by atoms with Crippen molar-refractivity contribution in [1.29, 1.82) is 0 Å². The first-order valence-electron chi connectivity index (χ1n) is 9.10. The number of esters is 1. The zero-order valence-corrected chi connectivity index (χ0v) is 16.0. The van der Waals surface area contributed by atoms with Gasteiger partial charge in [-0.15, -0.1) is 0 Å². The predicted molar refractivity (Wildman–Crippen MR) is 102 cm³/mol. The molecule has 1 aliphatic heterocycles. The van der Waals surface area contributed by atoms with E-state index in [1.165, 1.54) is 0 Å². The number of methoxy groups -OCH3 is 1. The van der Waals surface area contributed by atoms with Gasteiger partial charge in [0.25, 0.3) is 11.8 Å². The highest BCUT2D eigenvalue weighted by Crippen LogP contribution is 2.22.